The van der Waals surface area contributed by atoms with Crippen molar-refractivity contribution in [3.05, 3.63) is 0 Å². The molecule has 0 aliphatic rings. The van der Waals surface area contributed by atoms with Crippen molar-refractivity contribution in [2.45, 2.75) is 26.2 Å². The molecule has 0 spiro atoms. The smallest absolute Gasteiger partial charge is 0.00244 e. The van der Waals surface area contributed by atoms with E-state index in [0.717, 1.165) is 0 Å². The van der Waals surface area contributed by atoms with Crippen molar-refractivity contribution in [2.75, 3.05) is 45.2 Å². The summed E-state index contributed by atoms with van der Waals surface area (Å²) in [5, 5.41) is 3.49. The molecule has 0 heterocycles. The molecule has 86 valence electrons. The highest BCUT2D eigenvalue weighted by molar-refractivity contribution is 7.99. The van der Waals surface area contributed by atoms with Gasteiger partial charge in [0.25, 0.3) is 0 Å². The molecule has 0 rings (SSSR count). The van der Waals surface area contributed by atoms with E-state index in [1.165, 1.54) is 50.4 Å². The average Bonchev–Trinajstić information content (AvgIpc) is 2.15. The van der Waals surface area contributed by atoms with Crippen molar-refractivity contribution < 1.29 is 0 Å². The van der Waals surface area contributed by atoms with Gasteiger partial charge in [-0.2, -0.15) is 11.8 Å². The molecule has 2 nitrogen and oxygen atoms in total. The van der Waals surface area contributed by atoms with Gasteiger partial charge in [-0.1, -0.05) is 6.92 Å². The SMILES string of the molecule is CCSCCCNCCCCN(C)C. The zero-order chi connectivity index (χ0) is 10.6. The summed E-state index contributed by atoms with van der Waals surface area (Å²) in [6.45, 7) is 5.81. The fourth-order valence-electron chi connectivity index (χ4n) is 1.25. The van der Waals surface area contributed by atoms with Crippen LogP contribution in [0.1, 0.15) is 26.2 Å². The first-order chi connectivity index (χ1) is 6.77. The Bertz CT molecular complexity index is 107. The number of hydrogen-bond acceptors (Lipinski definition) is 3. The molecule has 0 atom stereocenters. The summed E-state index contributed by atoms with van der Waals surface area (Å²) in [5.41, 5.74) is 0. The predicted octanol–water partition coefficient (Wildman–Crippen LogP) is 2.06. The normalized spacial score (nSPS) is 11.1. The zero-order valence-corrected chi connectivity index (χ0v) is 10.8. The van der Waals surface area contributed by atoms with Crippen LogP contribution in [-0.2, 0) is 0 Å². The van der Waals surface area contributed by atoms with Crippen LogP contribution in [0.15, 0.2) is 0 Å². The first-order valence-electron chi connectivity index (χ1n) is 5.70. The topological polar surface area (TPSA) is 15.3 Å². The van der Waals surface area contributed by atoms with Gasteiger partial charge in [0.05, 0.1) is 0 Å². The zero-order valence-electron chi connectivity index (χ0n) is 10.0. The minimum Gasteiger partial charge on any atom is -0.317 e. The number of hydrogen-bond donors (Lipinski definition) is 1. The van der Waals surface area contributed by atoms with Crippen LogP contribution in [0.4, 0.5) is 0 Å². The minimum absolute atomic E-state index is 1.19. The lowest BCUT2D eigenvalue weighted by atomic mass is 10.3. The molecule has 0 unspecified atom stereocenters. The molecule has 0 fully saturated rings. The van der Waals surface area contributed by atoms with Crippen LogP contribution in [0.25, 0.3) is 0 Å². The van der Waals surface area contributed by atoms with Crippen molar-refractivity contribution in [1.82, 2.24) is 10.2 Å². The van der Waals surface area contributed by atoms with Gasteiger partial charge in [0, 0.05) is 0 Å². The summed E-state index contributed by atoms with van der Waals surface area (Å²) >= 11 is 2.03. The van der Waals surface area contributed by atoms with Crippen LogP contribution < -0.4 is 5.32 Å². The second-order valence-corrected chi connectivity index (χ2v) is 5.20. The Labute approximate surface area is 93.8 Å². The fourth-order valence-corrected chi connectivity index (χ4v) is 1.88. The predicted molar refractivity (Wildman–Crippen MR) is 68.3 cm³/mol. The van der Waals surface area contributed by atoms with Gasteiger partial charge < -0.3 is 10.2 Å². The summed E-state index contributed by atoms with van der Waals surface area (Å²) in [6, 6.07) is 0. The van der Waals surface area contributed by atoms with Crippen LogP contribution in [0, 0.1) is 0 Å². The third-order valence-electron chi connectivity index (χ3n) is 2.06. The van der Waals surface area contributed by atoms with E-state index in [-0.39, 0.29) is 0 Å². The standard InChI is InChI=1S/C11H26N2S/c1-4-14-11-7-9-12-8-5-6-10-13(2)3/h12H,4-11H2,1-3H3. The summed E-state index contributed by atoms with van der Waals surface area (Å²) in [7, 11) is 4.27. The van der Waals surface area contributed by atoms with Crippen molar-refractivity contribution >= 4 is 11.8 Å². The van der Waals surface area contributed by atoms with E-state index in [0.29, 0.717) is 0 Å². The quantitative estimate of drug-likeness (QED) is 0.565. The van der Waals surface area contributed by atoms with E-state index in [1.54, 1.807) is 0 Å². The van der Waals surface area contributed by atoms with Crippen LogP contribution >= 0.6 is 11.8 Å². The van der Waals surface area contributed by atoms with Crippen molar-refractivity contribution in [1.29, 1.82) is 0 Å². The van der Waals surface area contributed by atoms with E-state index < -0.39 is 0 Å². The molecule has 0 saturated carbocycles. The molecule has 0 aromatic carbocycles. The molecule has 3 heteroatoms. The first-order valence-corrected chi connectivity index (χ1v) is 6.86. The number of nitrogens with zero attached hydrogens (tertiary/aromatic N) is 1. The summed E-state index contributed by atoms with van der Waals surface area (Å²) in [5.74, 6) is 2.56. The van der Waals surface area contributed by atoms with Crippen LogP contribution in [0.2, 0.25) is 0 Å². The minimum atomic E-state index is 1.19. The van der Waals surface area contributed by atoms with Gasteiger partial charge >= 0.3 is 0 Å². The molecule has 14 heavy (non-hydrogen) atoms. The fraction of sp³-hybridized carbons (Fsp3) is 1.00. The third-order valence-corrected chi connectivity index (χ3v) is 3.04. The highest BCUT2D eigenvalue weighted by Gasteiger charge is 1.91. The van der Waals surface area contributed by atoms with E-state index in [2.05, 4.69) is 31.2 Å². The van der Waals surface area contributed by atoms with Gasteiger partial charge in [0.1, 0.15) is 0 Å². The van der Waals surface area contributed by atoms with Gasteiger partial charge in [-0.25, -0.2) is 0 Å². The molecule has 0 aliphatic carbocycles. The van der Waals surface area contributed by atoms with Gasteiger partial charge in [-0.3, -0.25) is 0 Å². The molecular weight excluding hydrogens is 192 g/mol. The van der Waals surface area contributed by atoms with Crippen LogP contribution in [0.3, 0.4) is 0 Å². The van der Waals surface area contributed by atoms with Crippen molar-refractivity contribution in [3.63, 3.8) is 0 Å². The lowest BCUT2D eigenvalue weighted by molar-refractivity contribution is 0.392. The average molecular weight is 218 g/mol. The summed E-state index contributed by atoms with van der Waals surface area (Å²) < 4.78 is 0. The molecule has 0 radical (unpaired) electrons. The Morgan fingerprint density at radius 2 is 1.79 bits per heavy atom. The molecule has 1 N–H and O–H groups in total. The van der Waals surface area contributed by atoms with Gasteiger partial charge in [0.15, 0.2) is 0 Å². The van der Waals surface area contributed by atoms with Crippen molar-refractivity contribution in [2.24, 2.45) is 0 Å². The van der Waals surface area contributed by atoms with E-state index >= 15 is 0 Å². The molecule has 0 aromatic heterocycles. The molecule has 0 bridgehead atoms. The highest BCUT2D eigenvalue weighted by Crippen LogP contribution is 1.99. The van der Waals surface area contributed by atoms with Gasteiger partial charge in [-0.15, -0.1) is 0 Å². The lowest BCUT2D eigenvalue weighted by Crippen LogP contribution is -2.19. The number of nitrogens with one attached hydrogen (secondary N) is 1. The van der Waals surface area contributed by atoms with E-state index in [4.69, 9.17) is 0 Å². The highest BCUT2D eigenvalue weighted by atomic mass is 32.2. The number of thioether (sulfide) groups is 1. The molecule has 0 saturated heterocycles. The second kappa shape index (κ2) is 11.3. The maximum Gasteiger partial charge on any atom is -0.00244 e. The van der Waals surface area contributed by atoms with Gasteiger partial charge in [-0.05, 0) is 64.5 Å². The maximum atomic E-state index is 3.49. The Kier molecular flexibility index (Phi) is 11.6. The summed E-state index contributed by atoms with van der Waals surface area (Å²) in [6.07, 6.45) is 3.93. The van der Waals surface area contributed by atoms with Crippen LogP contribution in [0.5, 0.6) is 0 Å². The Hall–Kier alpha value is 0.270. The molecule has 0 aliphatic heterocycles. The lowest BCUT2D eigenvalue weighted by Gasteiger charge is -2.09. The van der Waals surface area contributed by atoms with Crippen LogP contribution in [-0.4, -0.2) is 50.1 Å². The molecule has 0 amide bonds. The Morgan fingerprint density at radius 3 is 2.43 bits per heavy atom. The largest absolute Gasteiger partial charge is 0.317 e. The van der Waals surface area contributed by atoms with E-state index in [9.17, 15) is 0 Å². The number of unbranched alkanes of at least 4 members (excludes halogenated alkanes) is 1. The maximum absolute atomic E-state index is 3.49. The Morgan fingerprint density at radius 1 is 1.07 bits per heavy atom. The van der Waals surface area contributed by atoms with E-state index in [1.807, 2.05) is 11.8 Å². The molecular formula is C11H26N2S. The third kappa shape index (κ3) is 12.3. The van der Waals surface area contributed by atoms with Crippen molar-refractivity contribution in [3.8, 4) is 0 Å². The summed E-state index contributed by atoms with van der Waals surface area (Å²) in [4.78, 5) is 2.25. The number of rotatable bonds is 10. The Balaban J connectivity index is 2.85. The first kappa shape index (κ1) is 14.3. The van der Waals surface area contributed by atoms with Gasteiger partial charge in [0.2, 0.25) is 0 Å². The molecule has 0 aromatic rings. The monoisotopic (exact) mass is 218 g/mol. The second-order valence-electron chi connectivity index (χ2n) is 3.81.